The lowest BCUT2D eigenvalue weighted by atomic mass is 9.46. The molecule has 2 aromatic carbocycles. The Balaban J connectivity index is 1.58. The van der Waals surface area contributed by atoms with Gasteiger partial charge in [-0.2, -0.15) is 0 Å². The van der Waals surface area contributed by atoms with Gasteiger partial charge in [0.25, 0.3) is 0 Å². The normalized spacial score (nSPS) is 32.1. The number of hydrogen-bond donors (Lipinski definition) is 1. The predicted octanol–water partition coefficient (Wildman–Crippen LogP) is 4.66. The smallest absolute Gasteiger partial charge is 0.340 e. The van der Waals surface area contributed by atoms with Crippen LogP contribution in [-0.2, 0) is 42.8 Å². The summed E-state index contributed by atoms with van der Waals surface area (Å²) >= 11 is 0. The minimum Gasteiger partial charge on any atom is -0.459 e. The van der Waals surface area contributed by atoms with Crippen LogP contribution in [0.5, 0.6) is 0 Å². The quantitative estimate of drug-likeness (QED) is 0.182. The molecule has 2 bridgehead atoms. The second kappa shape index (κ2) is 14.4. The summed E-state index contributed by atoms with van der Waals surface area (Å²) in [4.78, 5) is 71.4. The number of rotatable bonds is 9. The van der Waals surface area contributed by atoms with Gasteiger partial charge in [-0.25, -0.2) is 14.4 Å². The highest BCUT2D eigenvalue weighted by Crippen LogP contribution is 2.69. The van der Waals surface area contributed by atoms with Crippen LogP contribution in [0.4, 0.5) is 0 Å². The van der Waals surface area contributed by atoms with Gasteiger partial charge in [-0.1, -0.05) is 48.5 Å². The molecule has 1 saturated heterocycles. The number of fused-ring (bicyclic) bond motifs is 1. The highest BCUT2D eigenvalue weighted by atomic mass is 16.7. The molecule has 2 heterocycles. The van der Waals surface area contributed by atoms with Crippen molar-refractivity contribution in [3.05, 3.63) is 108 Å². The summed E-state index contributed by atoms with van der Waals surface area (Å²) in [7, 11) is 0. The van der Waals surface area contributed by atoms with E-state index in [1.54, 1.807) is 57.2 Å². The van der Waals surface area contributed by atoms with Gasteiger partial charge in [0.05, 0.1) is 22.1 Å². The molecule has 0 unspecified atom stereocenters. The van der Waals surface area contributed by atoms with E-state index in [4.69, 9.17) is 28.4 Å². The van der Waals surface area contributed by atoms with Crippen LogP contribution in [0.3, 0.4) is 0 Å². The molecule has 13 nitrogen and oxygen atoms in total. The van der Waals surface area contributed by atoms with Crippen molar-refractivity contribution in [1.29, 1.82) is 0 Å². The minimum atomic E-state index is -2.41. The third kappa shape index (κ3) is 6.55. The zero-order chi connectivity index (χ0) is 39.1. The van der Waals surface area contributed by atoms with Crippen molar-refractivity contribution >= 4 is 35.9 Å². The second-order valence-electron chi connectivity index (χ2n) is 14.7. The summed E-state index contributed by atoms with van der Waals surface area (Å²) in [5.74, 6) is -4.90. The fraction of sp³-hybridized carbons (Fsp3) is 0.415. The average molecular weight is 742 g/mol. The Morgan fingerprint density at radius 2 is 1.33 bits per heavy atom. The molecule has 3 aromatic rings. The van der Waals surface area contributed by atoms with E-state index in [1.807, 2.05) is 18.2 Å². The maximum absolute atomic E-state index is 14.1. The Labute approximate surface area is 312 Å². The van der Waals surface area contributed by atoms with Crippen molar-refractivity contribution in [3.8, 4) is 0 Å². The van der Waals surface area contributed by atoms with E-state index >= 15 is 0 Å². The number of carbonyl (C=O) groups excluding carboxylic acids is 5. The van der Waals surface area contributed by atoms with E-state index in [0.717, 1.165) is 12.5 Å². The number of nitrogens with zero attached hydrogens (tertiary/aromatic N) is 1. The van der Waals surface area contributed by atoms with Crippen molar-refractivity contribution in [1.82, 2.24) is 4.98 Å². The van der Waals surface area contributed by atoms with Gasteiger partial charge < -0.3 is 33.5 Å². The topological polar surface area (TPSA) is 174 Å². The van der Waals surface area contributed by atoms with Crippen LogP contribution < -0.4 is 0 Å². The van der Waals surface area contributed by atoms with Crippen molar-refractivity contribution in [3.63, 3.8) is 0 Å². The summed E-state index contributed by atoms with van der Waals surface area (Å²) in [6.45, 7) is 8.65. The Morgan fingerprint density at radius 3 is 1.94 bits per heavy atom. The van der Waals surface area contributed by atoms with Crippen LogP contribution >= 0.6 is 0 Å². The standard InChI is InChI=1S/C41H43NO12/c1-24(43)49-32-34(52-36(46)27-16-11-8-12-17-27)39(5)30(51-31(45)20-19-26-14-9-7-10-15-26)22-29-33(50-25(2)44)41(39,54-38(29,3)4)40(6,48)35(32)53-37(47)28-18-13-21-42-23-28/h7-21,23,29-30,32-35,48H,22H2,1-6H3/t29-,30+,32+,33-,34+,35+,39-,40+,41-/m1/s1. The molecule has 1 N–H and O–H groups in total. The first-order valence-electron chi connectivity index (χ1n) is 17.6. The molecule has 9 atom stereocenters. The molecule has 1 spiro atoms. The number of esters is 5. The third-order valence-electron chi connectivity index (χ3n) is 11.0. The van der Waals surface area contributed by atoms with Crippen LogP contribution in [0.15, 0.2) is 91.3 Å². The van der Waals surface area contributed by atoms with Gasteiger partial charge in [0.1, 0.15) is 17.8 Å². The van der Waals surface area contributed by atoms with Crippen LogP contribution in [0, 0.1) is 11.3 Å². The van der Waals surface area contributed by atoms with Crippen molar-refractivity contribution in [2.45, 2.75) is 95.3 Å². The molecule has 6 rings (SSSR count). The molecular weight excluding hydrogens is 698 g/mol. The fourth-order valence-electron chi connectivity index (χ4n) is 8.63. The van der Waals surface area contributed by atoms with Gasteiger partial charge in [0.2, 0.25) is 0 Å². The van der Waals surface area contributed by atoms with Gasteiger partial charge >= 0.3 is 29.8 Å². The number of pyridine rings is 1. The Morgan fingerprint density at radius 1 is 0.741 bits per heavy atom. The lowest BCUT2D eigenvalue weighted by molar-refractivity contribution is -0.367. The number of aliphatic hydroxyl groups is 1. The Bertz CT molecular complexity index is 1930. The first-order chi connectivity index (χ1) is 25.5. The molecule has 1 aliphatic heterocycles. The van der Waals surface area contributed by atoms with Crippen LogP contribution in [0.2, 0.25) is 0 Å². The highest BCUT2D eigenvalue weighted by molar-refractivity contribution is 5.90. The van der Waals surface area contributed by atoms with Crippen molar-refractivity contribution in [2.75, 3.05) is 0 Å². The number of aromatic nitrogens is 1. The lowest BCUT2D eigenvalue weighted by Crippen LogP contribution is -2.86. The van der Waals surface area contributed by atoms with E-state index in [-0.39, 0.29) is 17.5 Å². The van der Waals surface area contributed by atoms with E-state index in [1.165, 1.54) is 56.6 Å². The summed E-state index contributed by atoms with van der Waals surface area (Å²) in [6.07, 6.45) is -2.21. The molecule has 2 aliphatic carbocycles. The molecule has 284 valence electrons. The number of ether oxygens (including phenoxy) is 6. The molecule has 0 amide bonds. The Hall–Kier alpha value is -5.40. The maximum atomic E-state index is 14.1. The highest BCUT2D eigenvalue weighted by Gasteiger charge is 2.87. The summed E-state index contributed by atoms with van der Waals surface area (Å²) in [5, 5.41) is 13.1. The molecule has 1 aromatic heterocycles. The molecule has 3 aliphatic rings. The largest absolute Gasteiger partial charge is 0.459 e. The maximum Gasteiger partial charge on any atom is 0.340 e. The molecule has 54 heavy (non-hydrogen) atoms. The van der Waals surface area contributed by atoms with E-state index in [9.17, 15) is 29.1 Å². The van der Waals surface area contributed by atoms with Gasteiger partial charge in [0, 0.05) is 38.2 Å². The molecule has 2 saturated carbocycles. The lowest BCUT2D eigenvalue weighted by Gasteiger charge is -2.66. The van der Waals surface area contributed by atoms with E-state index in [2.05, 4.69) is 4.98 Å². The minimum absolute atomic E-state index is 0.00118. The Kier molecular flexibility index (Phi) is 10.3. The van der Waals surface area contributed by atoms with E-state index in [0.29, 0.717) is 0 Å². The monoisotopic (exact) mass is 741 g/mol. The first-order valence-corrected chi connectivity index (χ1v) is 17.6. The van der Waals surface area contributed by atoms with Gasteiger partial charge in [-0.05, 0) is 70.0 Å². The molecule has 0 radical (unpaired) electrons. The van der Waals surface area contributed by atoms with Crippen molar-refractivity contribution in [2.24, 2.45) is 11.3 Å². The van der Waals surface area contributed by atoms with Crippen LogP contribution in [0.25, 0.3) is 6.08 Å². The van der Waals surface area contributed by atoms with Crippen LogP contribution in [-0.4, -0.2) is 87.3 Å². The summed E-state index contributed by atoms with van der Waals surface area (Å²) in [5.41, 5.74) is -6.78. The summed E-state index contributed by atoms with van der Waals surface area (Å²) < 4.78 is 37.5. The molecular formula is C41H43NO12. The first kappa shape index (κ1) is 38.3. The van der Waals surface area contributed by atoms with E-state index < -0.39 is 88.5 Å². The van der Waals surface area contributed by atoms with Gasteiger partial charge in [0.15, 0.2) is 23.9 Å². The zero-order valence-electron chi connectivity index (χ0n) is 30.8. The summed E-state index contributed by atoms with van der Waals surface area (Å²) in [6, 6.07) is 20.0. The van der Waals surface area contributed by atoms with Gasteiger partial charge in [-0.3, -0.25) is 14.6 Å². The molecule has 3 fully saturated rings. The van der Waals surface area contributed by atoms with Crippen molar-refractivity contribution < 1.29 is 57.5 Å². The fourth-order valence-corrected chi connectivity index (χ4v) is 8.63. The number of benzene rings is 2. The van der Waals surface area contributed by atoms with Gasteiger partial charge in [-0.15, -0.1) is 0 Å². The van der Waals surface area contributed by atoms with Crippen LogP contribution in [0.1, 0.15) is 74.2 Å². The average Bonchev–Trinajstić information content (AvgIpc) is 3.32. The second-order valence-corrected chi connectivity index (χ2v) is 14.7. The molecule has 13 heteroatoms. The predicted molar refractivity (Wildman–Crippen MR) is 190 cm³/mol. The number of hydrogen-bond acceptors (Lipinski definition) is 13. The zero-order valence-corrected chi connectivity index (χ0v) is 30.8. The SMILES string of the molecule is CC(=O)O[C@H]1[C@H](OC(=O)c2ccccc2)[C@@]2(C)[C@@H](OC(=O)C=Cc3ccccc3)C[C@@H]3[C@@H](OC(C)=O)[C@]2(OC3(C)C)[C@@](C)(O)[C@H]1OC(=O)c1cccnc1. The number of carbonyl (C=O) groups is 5. The third-order valence-corrected chi connectivity index (χ3v) is 11.0.